The van der Waals surface area contributed by atoms with Crippen molar-refractivity contribution in [3.05, 3.63) is 0 Å². The van der Waals surface area contributed by atoms with Crippen molar-refractivity contribution < 1.29 is 30.0 Å². The van der Waals surface area contributed by atoms with E-state index < -0.39 is 24.1 Å². The van der Waals surface area contributed by atoms with Crippen LogP contribution >= 0.6 is 0 Å². The van der Waals surface area contributed by atoms with Gasteiger partial charge in [-0.3, -0.25) is 0 Å². The summed E-state index contributed by atoms with van der Waals surface area (Å²) in [5, 5.41) is 31.5. The fraction of sp³-hybridized carbons (Fsp3) is 0.667. The summed E-state index contributed by atoms with van der Waals surface area (Å²) in [5.41, 5.74) is 0. The van der Waals surface area contributed by atoms with Crippen LogP contribution in [0.2, 0.25) is 0 Å². The number of rotatable bonds is 2. The molecule has 0 heterocycles. The van der Waals surface area contributed by atoms with E-state index in [-0.39, 0.29) is 67.3 Å². The minimum absolute atomic E-state index is 0. The van der Waals surface area contributed by atoms with Gasteiger partial charge in [-0.1, -0.05) is 0 Å². The van der Waals surface area contributed by atoms with E-state index in [1.807, 2.05) is 0 Å². The van der Waals surface area contributed by atoms with Gasteiger partial charge in [0, 0.05) is 0 Å². The predicted octanol–water partition coefficient (Wildman–Crippen LogP) is -2.66. The molecule has 0 aromatic carbocycles. The Morgan fingerprint density at radius 1 is 0.929 bits per heavy atom. The second-order valence-corrected chi connectivity index (χ2v) is 2.03. The van der Waals surface area contributed by atoms with Crippen molar-refractivity contribution in [2.75, 3.05) is 0 Å². The molecule has 2 atom stereocenters. The van der Waals surface area contributed by atoms with E-state index in [2.05, 4.69) is 0 Å². The van der Waals surface area contributed by atoms with Crippen molar-refractivity contribution in [2.24, 2.45) is 0 Å². The Kier molecular flexibility index (Phi) is 24.6. The van der Waals surface area contributed by atoms with E-state index in [0.29, 0.717) is 0 Å². The van der Waals surface area contributed by atoms with Gasteiger partial charge >= 0.3 is 79.2 Å². The van der Waals surface area contributed by atoms with E-state index in [1.165, 1.54) is 13.8 Å². The van der Waals surface area contributed by atoms with Gasteiger partial charge in [-0.05, 0) is 13.8 Å². The van der Waals surface area contributed by atoms with Crippen LogP contribution in [0.25, 0.3) is 0 Å². The molecule has 0 radical (unpaired) electrons. The zero-order chi connectivity index (χ0) is 10.3. The molecule has 0 rings (SSSR count). The number of carboxylic acid groups (broad SMARTS) is 2. The SMILES string of the molecule is CC(O)C(=O)O.CC(O)C(=O)O.[CaH2].[NaH]. The molecule has 0 aromatic rings. The summed E-state index contributed by atoms with van der Waals surface area (Å²) in [4.78, 5) is 18.9. The Bertz CT molecular complexity index is 142. The molecule has 0 fully saturated rings. The third-order valence-corrected chi connectivity index (χ3v) is 0.715. The first-order valence-corrected chi connectivity index (χ1v) is 3.10. The first-order valence-electron chi connectivity index (χ1n) is 3.10. The monoisotopic (exact) mass is 246 g/mol. The Hall–Kier alpha value is 1.12. The van der Waals surface area contributed by atoms with E-state index in [0.717, 1.165) is 0 Å². The molecule has 0 amide bonds. The average molecular weight is 246 g/mol. The van der Waals surface area contributed by atoms with Gasteiger partial charge in [0.2, 0.25) is 0 Å². The standard InChI is InChI=1S/2C3H6O3.Ca.Na.3H/c2*1-2(4)3(5)6;;;;;/h2*2,4H,1H3,(H,5,6);;;;;. The molecule has 4 N–H and O–H groups in total. The summed E-state index contributed by atoms with van der Waals surface area (Å²) in [6.07, 6.45) is -2.46. The summed E-state index contributed by atoms with van der Waals surface area (Å²) in [6, 6.07) is 0. The van der Waals surface area contributed by atoms with Crippen LogP contribution in [0.1, 0.15) is 13.8 Å². The van der Waals surface area contributed by atoms with Crippen molar-refractivity contribution in [2.45, 2.75) is 26.1 Å². The summed E-state index contributed by atoms with van der Waals surface area (Å²) in [7, 11) is 0. The fourth-order valence-corrected chi connectivity index (χ4v) is 0. The maximum absolute atomic E-state index is 9.45. The second kappa shape index (κ2) is 14.1. The van der Waals surface area contributed by atoms with Crippen LogP contribution in [0.3, 0.4) is 0 Å². The first kappa shape index (κ1) is 24.4. The van der Waals surface area contributed by atoms with Crippen LogP contribution in [-0.4, -0.2) is 112 Å². The van der Waals surface area contributed by atoms with Crippen molar-refractivity contribution in [1.82, 2.24) is 0 Å². The number of hydrogen-bond acceptors (Lipinski definition) is 4. The van der Waals surface area contributed by atoms with Crippen LogP contribution in [0.15, 0.2) is 0 Å². The molecule has 0 aromatic heterocycles. The average Bonchev–Trinajstić information content (AvgIpc) is 1.88. The van der Waals surface area contributed by atoms with Crippen LogP contribution in [-0.2, 0) is 9.59 Å². The number of aliphatic carboxylic acids is 2. The van der Waals surface area contributed by atoms with E-state index in [1.54, 1.807) is 0 Å². The van der Waals surface area contributed by atoms with Gasteiger partial charge in [-0.25, -0.2) is 9.59 Å². The molecule has 14 heavy (non-hydrogen) atoms. The van der Waals surface area contributed by atoms with E-state index in [4.69, 9.17) is 20.4 Å². The topological polar surface area (TPSA) is 115 Å². The Labute approximate surface area is 134 Å². The maximum atomic E-state index is 9.45. The number of hydrogen-bond donors (Lipinski definition) is 4. The van der Waals surface area contributed by atoms with E-state index >= 15 is 0 Å². The summed E-state index contributed by atoms with van der Waals surface area (Å²) in [5.74, 6) is -2.37. The van der Waals surface area contributed by atoms with Gasteiger partial charge < -0.3 is 20.4 Å². The molecule has 78 valence electrons. The van der Waals surface area contributed by atoms with Gasteiger partial charge in [-0.15, -0.1) is 0 Å². The zero-order valence-corrected chi connectivity index (χ0v) is 6.76. The van der Waals surface area contributed by atoms with Gasteiger partial charge in [0.1, 0.15) is 12.2 Å². The van der Waals surface area contributed by atoms with Crippen LogP contribution in [0.5, 0.6) is 0 Å². The Morgan fingerprint density at radius 3 is 1.00 bits per heavy atom. The number of aliphatic hydroxyl groups excluding tert-OH is 2. The van der Waals surface area contributed by atoms with Crippen molar-refractivity contribution in [3.8, 4) is 0 Å². The van der Waals surface area contributed by atoms with E-state index in [9.17, 15) is 9.59 Å². The third kappa shape index (κ3) is 23.2. The van der Waals surface area contributed by atoms with Gasteiger partial charge in [0.25, 0.3) is 0 Å². The summed E-state index contributed by atoms with van der Waals surface area (Å²) in [6.45, 7) is 2.39. The summed E-state index contributed by atoms with van der Waals surface area (Å²) >= 11 is 0. The van der Waals surface area contributed by atoms with Gasteiger partial charge in [0.05, 0.1) is 0 Å². The predicted molar refractivity (Wildman–Crippen MR) is 54.3 cm³/mol. The molecule has 0 bridgehead atoms. The molecule has 0 saturated heterocycles. The minimum atomic E-state index is -1.23. The number of carbonyl (C=O) groups is 2. The number of carboxylic acids is 2. The van der Waals surface area contributed by atoms with Crippen LogP contribution in [0.4, 0.5) is 0 Å². The zero-order valence-electron chi connectivity index (χ0n) is 6.76. The molecule has 6 nitrogen and oxygen atoms in total. The van der Waals surface area contributed by atoms with Crippen molar-refractivity contribution in [1.29, 1.82) is 0 Å². The van der Waals surface area contributed by atoms with Crippen molar-refractivity contribution >= 4 is 79.2 Å². The van der Waals surface area contributed by atoms with Gasteiger partial charge in [0.15, 0.2) is 0 Å². The molecular formula is C6H15CaNaO6. The Balaban J connectivity index is -0.0000000625. The molecule has 0 aliphatic heterocycles. The molecule has 0 aliphatic rings. The molecule has 0 saturated carbocycles. The second-order valence-electron chi connectivity index (χ2n) is 2.03. The normalized spacial score (nSPS) is 11.7. The van der Waals surface area contributed by atoms with Gasteiger partial charge in [-0.2, -0.15) is 0 Å². The van der Waals surface area contributed by atoms with Crippen LogP contribution < -0.4 is 0 Å². The third-order valence-electron chi connectivity index (χ3n) is 0.715. The molecule has 2 unspecified atom stereocenters. The first-order chi connectivity index (χ1) is 5.29. The summed E-state index contributed by atoms with van der Waals surface area (Å²) < 4.78 is 0. The Morgan fingerprint density at radius 2 is 1.00 bits per heavy atom. The fourth-order valence-electron chi connectivity index (χ4n) is 0. The van der Waals surface area contributed by atoms with Crippen molar-refractivity contribution in [3.63, 3.8) is 0 Å². The molecule has 8 heteroatoms. The quantitative estimate of drug-likeness (QED) is 0.395. The molecular weight excluding hydrogens is 231 g/mol. The molecule has 0 aliphatic carbocycles. The van der Waals surface area contributed by atoms with Crippen LogP contribution in [0, 0.1) is 0 Å². The number of aliphatic hydroxyl groups is 2. The molecule has 0 spiro atoms.